The lowest BCUT2D eigenvalue weighted by Gasteiger charge is -2.08. The van der Waals surface area contributed by atoms with Crippen LogP contribution in [0.1, 0.15) is 11.1 Å². The molecule has 4 rings (SSSR count). The second kappa shape index (κ2) is 8.90. The molecule has 0 aliphatic carbocycles. The lowest BCUT2D eigenvalue weighted by atomic mass is 10.00. The van der Waals surface area contributed by atoms with Crippen LogP contribution in [0.25, 0.3) is 22.4 Å². The van der Waals surface area contributed by atoms with Gasteiger partial charge >= 0.3 is 0 Å². The molecule has 1 amide bonds. The third-order valence-corrected chi connectivity index (χ3v) is 5.03. The SMILES string of the molecule is NCc1cc(-c2noc(NC(=O)Cc3ccccc3)c2-c2ccncc2)ccc1Cl. The number of anilines is 1. The van der Waals surface area contributed by atoms with Gasteiger partial charge in [-0.1, -0.05) is 53.2 Å². The molecule has 2 aromatic carbocycles. The largest absolute Gasteiger partial charge is 0.337 e. The molecule has 4 aromatic rings. The number of benzene rings is 2. The number of rotatable bonds is 6. The molecule has 0 bridgehead atoms. The van der Waals surface area contributed by atoms with Crippen molar-refractivity contribution in [1.82, 2.24) is 10.1 Å². The zero-order chi connectivity index (χ0) is 20.9. The first-order chi connectivity index (χ1) is 14.7. The number of amides is 1. The van der Waals surface area contributed by atoms with Gasteiger partial charge in [-0.15, -0.1) is 0 Å². The highest BCUT2D eigenvalue weighted by Crippen LogP contribution is 2.38. The van der Waals surface area contributed by atoms with E-state index in [-0.39, 0.29) is 18.2 Å². The fraction of sp³-hybridized carbons (Fsp3) is 0.0870. The summed E-state index contributed by atoms with van der Waals surface area (Å²) in [6.07, 6.45) is 3.58. The lowest BCUT2D eigenvalue weighted by molar-refractivity contribution is -0.115. The van der Waals surface area contributed by atoms with E-state index in [0.29, 0.717) is 22.8 Å². The van der Waals surface area contributed by atoms with Crippen LogP contribution >= 0.6 is 11.6 Å². The number of carbonyl (C=O) groups excluding carboxylic acids is 1. The Morgan fingerprint density at radius 1 is 1.03 bits per heavy atom. The molecular weight excluding hydrogens is 400 g/mol. The molecule has 150 valence electrons. The highest BCUT2D eigenvalue weighted by molar-refractivity contribution is 6.31. The van der Waals surface area contributed by atoms with Crippen LogP contribution in [0.4, 0.5) is 5.88 Å². The van der Waals surface area contributed by atoms with Crippen molar-refractivity contribution in [3.8, 4) is 22.4 Å². The van der Waals surface area contributed by atoms with E-state index in [4.69, 9.17) is 21.9 Å². The third-order valence-electron chi connectivity index (χ3n) is 4.66. The van der Waals surface area contributed by atoms with Crippen LogP contribution in [-0.2, 0) is 17.8 Å². The molecule has 0 unspecified atom stereocenters. The van der Waals surface area contributed by atoms with Crippen LogP contribution in [0.2, 0.25) is 5.02 Å². The van der Waals surface area contributed by atoms with Gasteiger partial charge in [-0.3, -0.25) is 15.1 Å². The molecule has 0 saturated heterocycles. The number of carbonyl (C=O) groups is 1. The fourth-order valence-electron chi connectivity index (χ4n) is 3.19. The second-order valence-corrected chi connectivity index (χ2v) is 7.10. The minimum absolute atomic E-state index is 0.196. The van der Waals surface area contributed by atoms with Crippen LogP contribution in [0, 0.1) is 0 Å². The number of aromatic nitrogens is 2. The maximum atomic E-state index is 12.6. The molecule has 3 N–H and O–H groups in total. The second-order valence-electron chi connectivity index (χ2n) is 6.69. The highest BCUT2D eigenvalue weighted by atomic mass is 35.5. The Morgan fingerprint density at radius 3 is 2.53 bits per heavy atom. The predicted octanol–water partition coefficient (Wildman–Crippen LogP) is 4.70. The van der Waals surface area contributed by atoms with Gasteiger partial charge < -0.3 is 10.3 Å². The minimum Gasteiger partial charge on any atom is -0.337 e. The summed E-state index contributed by atoms with van der Waals surface area (Å²) in [5, 5.41) is 7.67. The van der Waals surface area contributed by atoms with Crippen molar-refractivity contribution in [2.45, 2.75) is 13.0 Å². The molecule has 0 saturated carbocycles. The van der Waals surface area contributed by atoms with E-state index in [1.807, 2.05) is 54.6 Å². The molecule has 2 heterocycles. The van der Waals surface area contributed by atoms with E-state index in [2.05, 4.69) is 15.5 Å². The molecule has 0 spiro atoms. The quantitative estimate of drug-likeness (QED) is 0.473. The molecule has 7 heteroatoms. The summed E-state index contributed by atoms with van der Waals surface area (Å²) in [5.41, 5.74) is 10.4. The minimum atomic E-state index is -0.196. The Hall–Kier alpha value is -3.48. The van der Waals surface area contributed by atoms with E-state index in [1.165, 1.54) is 0 Å². The van der Waals surface area contributed by atoms with E-state index < -0.39 is 0 Å². The average Bonchev–Trinajstić information content (AvgIpc) is 3.18. The van der Waals surface area contributed by atoms with E-state index >= 15 is 0 Å². The Balaban J connectivity index is 1.72. The van der Waals surface area contributed by atoms with E-state index in [9.17, 15) is 4.79 Å². The molecule has 0 aliphatic heterocycles. The van der Waals surface area contributed by atoms with Crippen molar-refractivity contribution in [2.75, 3.05) is 5.32 Å². The standard InChI is InChI=1S/C23H19ClN4O2/c24-19-7-6-17(13-18(19)14-25)22-21(16-8-10-26-11-9-16)23(30-28-22)27-20(29)12-15-4-2-1-3-5-15/h1-11,13H,12,14,25H2,(H,27,29). The fourth-order valence-corrected chi connectivity index (χ4v) is 3.38. The van der Waals surface area contributed by atoms with Gasteiger partial charge in [-0.05, 0) is 41.0 Å². The summed E-state index contributed by atoms with van der Waals surface area (Å²) in [6, 6.07) is 18.7. The summed E-state index contributed by atoms with van der Waals surface area (Å²) in [5.74, 6) is 0.0827. The lowest BCUT2D eigenvalue weighted by Crippen LogP contribution is -2.14. The molecule has 0 atom stereocenters. The van der Waals surface area contributed by atoms with Gasteiger partial charge in [0.2, 0.25) is 11.8 Å². The molecule has 0 radical (unpaired) electrons. The van der Waals surface area contributed by atoms with Gasteiger partial charge in [0.15, 0.2) is 0 Å². The number of nitrogens with two attached hydrogens (primary N) is 1. The number of nitrogens with zero attached hydrogens (tertiary/aromatic N) is 2. The smallest absolute Gasteiger partial charge is 0.239 e. The van der Waals surface area contributed by atoms with Crippen molar-refractivity contribution in [3.63, 3.8) is 0 Å². The van der Waals surface area contributed by atoms with Gasteiger partial charge in [0.25, 0.3) is 0 Å². The van der Waals surface area contributed by atoms with Crippen molar-refractivity contribution in [1.29, 1.82) is 0 Å². The number of nitrogens with one attached hydrogen (secondary N) is 1. The van der Waals surface area contributed by atoms with Crippen molar-refractivity contribution >= 4 is 23.4 Å². The summed E-state index contributed by atoms with van der Waals surface area (Å²) in [7, 11) is 0. The molecule has 2 aromatic heterocycles. The van der Waals surface area contributed by atoms with Gasteiger partial charge in [0.05, 0.1) is 12.0 Å². The molecular formula is C23H19ClN4O2. The topological polar surface area (TPSA) is 94.0 Å². The predicted molar refractivity (Wildman–Crippen MR) is 117 cm³/mol. The molecule has 0 fully saturated rings. The first-order valence-corrected chi connectivity index (χ1v) is 9.76. The Kier molecular flexibility index (Phi) is 5.88. The number of hydrogen-bond donors (Lipinski definition) is 2. The van der Waals surface area contributed by atoms with Gasteiger partial charge in [0.1, 0.15) is 5.69 Å². The summed E-state index contributed by atoms with van der Waals surface area (Å²) in [6.45, 7) is 0.301. The van der Waals surface area contributed by atoms with Crippen LogP contribution in [-0.4, -0.2) is 16.0 Å². The van der Waals surface area contributed by atoms with Gasteiger partial charge in [-0.25, -0.2) is 0 Å². The third kappa shape index (κ3) is 4.25. The van der Waals surface area contributed by atoms with E-state index in [1.54, 1.807) is 18.5 Å². The van der Waals surface area contributed by atoms with Crippen molar-refractivity contribution < 1.29 is 9.32 Å². The summed E-state index contributed by atoms with van der Waals surface area (Å²) >= 11 is 6.20. The summed E-state index contributed by atoms with van der Waals surface area (Å²) < 4.78 is 5.55. The number of pyridine rings is 1. The van der Waals surface area contributed by atoms with Gasteiger partial charge in [-0.2, -0.15) is 0 Å². The van der Waals surface area contributed by atoms with Crippen LogP contribution in [0.5, 0.6) is 0 Å². The van der Waals surface area contributed by atoms with Crippen LogP contribution in [0.15, 0.2) is 77.6 Å². The zero-order valence-electron chi connectivity index (χ0n) is 16.0. The van der Waals surface area contributed by atoms with Crippen LogP contribution < -0.4 is 11.1 Å². The Morgan fingerprint density at radius 2 is 1.80 bits per heavy atom. The Labute approximate surface area is 178 Å². The van der Waals surface area contributed by atoms with Crippen molar-refractivity contribution in [3.05, 3.63) is 89.2 Å². The average molecular weight is 419 g/mol. The Bertz CT molecular complexity index is 1160. The zero-order valence-corrected chi connectivity index (χ0v) is 16.8. The molecule has 6 nitrogen and oxygen atoms in total. The van der Waals surface area contributed by atoms with Gasteiger partial charge in [0, 0.05) is 29.5 Å². The molecule has 30 heavy (non-hydrogen) atoms. The number of hydrogen-bond acceptors (Lipinski definition) is 5. The summed E-state index contributed by atoms with van der Waals surface area (Å²) in [4.78, 5) is 16.7. The first kappa shape index (κ1) is 19.8. The highest BCUT2D eigenvalue weighted by Gasteiger charge is 2.21. The van der Waals surface area contributed by atoms with E-state index in [0.717, 1.165) is 22.3 Å². The monoisotopic (exact) mass is 418 g/mol. The maximum Gasteiger partial charge on any atom is 0.239 e. The first-order valence-electron chi connectivity index (χ1n) is 9.38. The van der Waals surface area contributed by atoms with Crippen LogP contribution in [0.3, 0.4) is 0 Å². The van der Waals surface area contributed by atoms with Crippen molar-refractivity contribution in [2.24, 2.45) is 5.73 Å². The maximum absolute atomic E-state index is 12.6. The molecule has 0 aliphatic rings. The number of halogens is 1. The normalized spacial score (nSPS) is 10.7.